The molecular formula is C11H15BFNO3. The van der Waals surface area contributed by atoms with Crippen LogP contribution in [0, 0.1) is 5.82 Å². The van der Waals surface area contributed by atoms with Crippen LogP contribution in [0.15, 0.2) is 18.2 Å². The molecule has 4 nitrogen and oxygen atoms in total. The Hall–Kier alpha value is -1.40. The molecule has 0 aliphatic heterocycles. The molecule has 0 unspecified atom stereocenters. The summed E-state index contributed by atoms with van der Waals surface area (Å²) in [6.07, 6.45) is 0. The van der Waals surface area contributed by atoms with Gasteiger partial charge in [0.2, 0.25) is 0 Å². The molecule has 1 amide bonds. The number of hydrogen-bond donors (Lipinski definition) is 3. The zero-order valence-electron chi connectivity index (χ0n) is 9.99. The summed E-state index contributed by atoms with van der Waals surface area (Å²) in [6, 6.07) is 3.46. The molecule has 0 aliphatic rings. The standard InChI is InChI=1S/C11H15BFNO3/c1-11(2,3)14-10(15)8-5-4-7(12(16)17)6-9(8)13/h4-6,16-17H,1-3H3,(H,14,15). The molecule has 0 aliphatic carbocycles. The van der Waals surface area contributed by atoms with E-state index in [1.807, 2.05) is 0 Å². The van der Waals surface area contributed by atoms with Crippen molar-refractivity contribution in [1.29, 1.82) is 0 Å². The van der Waals surface area contributed by atoms with E-state index >= 15 is 0 Å². The van der Waals surface area contributed by atoms with Gasteiger partial charge in [-0.15, -0.1) is 0 Å². The molecule has 1 aromatic carbocycles. The molecule has 0 fully saturated rings. The van der Waals surface area contributed by atoms with Crippen molar-refractivity contribution in [3.05, 3.63) is 29.6 Å². The van der Waals surface area contributed by atoms with Crippen LogP contribution in [0.3, 0.4) is 0 Å². The highest BCUT2D eigenvalue weighted by atomic mass is 19.1. The van der Waals surface area contributed by atoms with Crippen LogP contribution in [-0.2, 0) is 0 Å². The molecule has 0 heterocycles. The van der Waals surface area contributed by atoms with Gasteiger partial charge in [0.15, 0.2) is 0 Å². The highest BCUT2D eigenvalue weighted by Gasteiger charge is 2.20. The Bertz CT molecular complexity index is 429. The van der Waals surface area contributed by atoms with Crippen molar-refractivity contribution in [3.63, 3.8) is 0 Å². The van der Waals surface area contributed by atoms with Crippen LogP contribution < -0.4 is 10.8 Å². The van der Waals surface area contributed by atoms with E-state index in [-0.39, 0.29) is 11.0 Å². The lowest BCUT2D eigenvalue weighted by Gasteiger charge is -2.20. The van der Waals surface area contributed by atoms with E-state index < -0.39 is 24.4 Å². The number of halogens is 1. The minimum absolute atomic E-state index is 0.00908. The lowest BCUT2D eigenvalue weighted by Crippen LogP contribution is -2.41. The molecule has 0 saturated carbocycles. The smallest absolute Gasteiger partial charge is 0.423 e. The van der Waals surface area contributed by atoms with E-state index in [2.05, 4.69) is 5.32 Å². The Morgan fingerprint density at radius 2 is 1.94 bits per heavy atom. The van der Waals surface area contributed by atoms with Crippen LogP contribution in [0.2, 0.25) is 0 Å². The summed E-state index contributed by atoms with van der Waals surface area (Å²) in [5, 5.41) is 20.3. The van der Waals surface area contributed by atoms with Crippen molar-refractivity contribution in [2.75, 3.05) is 0 Å². The van der Waals surface area contributed by atoms with Gasteiger partial charge < -0.3 is 15.4 Å². The van der Waals surface area contributed by atoms with Crippen LogP contribution in [0.4, 0.5) is 4.39 Å². The lowest BCUT2D eigenvalue weighted by molar-refractivity contribution is 0.0915. The second kappa shape index (κ2) is 4.85. The number of benzene rings is 1. The van der Waals surface area contributed by atoms with Gasteiger partial charge in [0.05, 0.1) is 5.56 Å². The van der Waals surface area contributed by atoms with E-state index in [1.165, 1.54) is 12.1 Å². The number of amides is 1. The van der Waals surface area contributed by atoms with Crippen molar-refractivity contribution in [1.82, 2.24) is 5.32 Å². The summed E-state index contributed by atoms with van der Waals surface area (Å²) in [5.41, 5.74) is -0.572. The summed E-state index contributed by atoms with van der Waals surface area (Å²) in [7, 11) is -1.75. The number of carbonyl (C=O) groups is 1. The summed E-state index contributed by atoms with van der Waals surface area (Å²) >= 11 is 0. The molecule has 92 valence electrons. The first kappa shape index (κ1) is 13.7. The van der Waals surface area contributed by atoms with E-state index in [9.17, 15) is 9.18 Å². The largest absolute Gasteiger partial charge is 0.488 e. The third kappa shape index (κ3) is 3.83. The van der Waals surface area contributed by atoms with E-state index in [4.69, 9.17) is 10.0 Å². The molecule has 0 atom stereocenters. The lowest BCUT2D eigenvalue weighted by atomic mass is 9.80. The number of nitrogens with one attached hydrogen (secondary N) is 1. The van der Waals surface area contributed by atoms with Crippen molar-refractivity contribution in [2.45, 2.75) is 26.3 Å². The minimum atomic E-state index is -1.75. The molecule has 1 aromatic rings. The predicted octanol–water partition coefficient (Wildman–Crippen LogP) is 0.0338. The van der Waals surface area contributed by atoms with Gasteiger partial charge in [0.25, 0.3) is 5.91 Å². The fourth-order valence-corrected chi connectivity index (χ4v) is 1.28. The van der Waals surface area contributed by atoms with Gasteiger partial charge >= 0.3 is 7.12 Å². The summed E-state index contributed by atoms with van der Waals surface area (Å²) in [5.74, 6) is -1.31. The molecular weight excluding hydrogens is 224 g/mol. The van der Waals surface area contributed by atoms with Crippen LogP contribution in [-0.4, -0.2) is 28.6 Å². The molecule has 1 rings (SSSR count). The normalized spacial score (nSPS) is 11.2. The summed E-state index contributed by atoms with van der Waals surface area (Å²) < 4.78 is 13.6. The second-order valence-corrected chi connectivity index (χ2v) is 4.82. The highest BCUT2D eigenvalue weighted by Crippen LogP contribution is 2.08. The van der Waals surface area contributed by atoms with Gasteiger partial charge in [-0.2, -0.15) is 0 Å². The molecule has 0 aromatic heterocycles. The Kier molecular flexibility index (Phi) is 3.90. The van der Waals surface area contributed by atoms with Crippen molar-refractivity contribution in [3.8, 4) is 0 Å². The minimum Gasteiger partial charge on any atom is -0.423 e. The second-order valence-electron chi connectivity index (χ2n) is 4.82. The van der Waals surface area contributed by atoms with Crippen molar-refractivity contribution >= 4 is 18.5 Å². The van der Waals surface area contributed by atoms with E-state index in [1.54, 1.807) is 20.8 Å². The Morgan fingerprint density at radius 3 is 2.35 bits per heavy atom. The molecule has 0 bridgehead atoms. The predicted molar refractivity (Wildman–Crippen MR) is 63.4 cm³/mol. The van der Waals surface area contributed by atoms with Crippen LogP contribution in [0.5, 0.6) is 0 Å². The Labute approximate surface area is 99.6 Å². The monoisotopic (exact) mass is 239 g/mol. The molecule has 6 heteroatoms. The van der Waals surface area contributed by atoms with E-state index in [0.29, 0.717) is 0 Å². The van der Waals surface area contributed by atoms with Gasteiger partial charge in [-0.1, -0.05) is 6.07 Å². The highest BCUT2D eigenvalue weighted by molar-refractivity contribution is 6.58. The molecule has 0 radical (unpaired) electrons. The van der Waals surface area contributed by atoms with Crippen molar-refractivity contribution < 1.29 is 19.2 Å². The topological polar surface area (TPSA) is 69.6 Å². The van der Waals surface area contributed by atoms with Crippen LogP contribution in [0.25, 0.3) is 0 Å². The number of carbonyl (C=O) groups excluding carboxylic acids is 1. The average molecular weight is 239 g/mol. The van der Waals surface area contributed by atoms with Crippen molar-refractivity contribution in [2.24, 2.45) is 0 Å². The maximum Gasteiger partial charge on any atom is 0.488 e. The van der Waals surface area contributed by atoms with Crippen LogP contribution in [0.1, 0.15) is 31.1 Å². The summed E-state index contributed by atoms with van der Waals surface area (Å²) in [6.45, 7) is 5.36. The first-order valence-corrected chi connectivity index (χ1v) is 5.19. The fraction of sp³-hybridized carbons (Fsp3) is 0.364. The summed E-state index contributed by atoms with van der Waals surface area (Å²) in [4.78, 5) is 11.7. The van der Waals surface area contributed by atoms with Gasteiger partial charge in [-0.3, -0.25) is 4.79 Å². The average Bonchev–Trinajstić information content (AvgIpc) is 2.14. The number of rotatable bonds is 2. The zero-order chi connectivity index (χ0) is 13.2. The fourth-order valence-electron chi connectivity index (χ4n) is 1.28. The van der Waals surface area contributed by atoms with Gasteiger partial charge in [0, 0.05) is 5.54 Å². The first-order chi connectivity index (χ1) is 7.70. The first-order valence-electron chi connectivity index (χ1n) is 5.19. The van der Waals surface area contributed by atoms with E-state index in [0.717, 1.165) is 6.07 Å². The quantitative estimate of drug-likeness (QED) is 0.638. The Morgan fingerprint density at radius 1 is 1.35 bits per heavy atom. The number of hydrogen-bond acceptors (Lipinski definition) is 3. The van der Waals surface area contributed by atoms with Gasteiger partial charge in [-0.25, -0.2) is 4.39 Å². The van der Waals surface area contributed by atoms with Gasteiger partial charge in [0.1, 0.15) is 5.82 Å². The third-order valence-electron chi connectivity index (χ3n) is 2.02. The molecule has 0 spiro atoms. The third-order valence-corrected chi connectivity index (χ3v) is 2.02. The van der Waals surface area contributed by atoms with Gasteiger partial charge in [-0.05, 0) is 38.4 Å². The maximum absolute atomic E-state index is 13.6. The molecule has 0 saturated heterocycles. The zero-order valence-corrected chi connectivity index (χ0v) is 9.99. The van der Waals surface area contributed by atoms with Crippen LogP contribution >= 0.6 is 0 Å². The molecule has 3 N–H and O–H groups in total. The maximum atomic E-state index is 13.6. The molecule has 17 heavy (non-hydrogen) atoms. The Balaban J connectivity index is 2.96. The SMILES string of the molecule is CC(C)(C)NC(=O)c1ccc(B(O)O)cc1F.